The molecule has 2 heterocycles. The van der Waals surface area contributed by atoms with Crippen LogP contribution < -0.4 is 5.32 Å². The van der Waals surface area contributed by atoms with E-state index in [-0.39, 0.29) is 25.7 Å². The minimum Gasteiger partial charge on any atom is -0.313 e. The van der Waals surface area contributed by atoms with Crippen LogP contribution in [0.4, 0.5) is 13.2 Å². The maximum atomic E-state index is 12.2. The first-order valence-corrected chi connectivity index (χ1v) is 7.24. The van der Waals surface area contributed by atoms with Crippen LogP contribution in [0.2, 0.25) is 0 Å². The second-order valence-corrected chi connectivity index (χ2v) is 6.54. The molecule has 0 amide bonds. The first-order valence-electron chi connectivity index (χ1n) is 5.84. The molecule has 0 radical (unpaired) electrons. The summed E-state index contributed by atoms with van der Waals surface area (Å²) in [5.41, 5.74) is 0. The van der Waals surface area contributed by atoms with Gasteiger partial charge in [0.15, 0.2) is 0 Å². The number of rotatable bonds is 3. The summed E-state index contributed by atoms with van der Waals surface area (Å²) >= 11 is 0. The van der Waals surface area contributed by atoms with Gasteiger partial charge in [0.05, 0.1) is 0 Å². The van der Waals surface area contributed by atoms with Crippen molar-refractivity contribution >= 4 is 10.2 Å². The first kappa shape index (κ1) is 14.0. The monoisotopic (exact) mass is 287 g/mol. The third-order valence-electron chi connectivity index (χ3n) is 3.19. The Labute approximate surface area is 104 Å². The molecular formula is C9H16F3N3O2S. The molecule has 5 nitrogen and oxygen atoms in total. The van der Waals surface area contributed by atoms with Gasteiger partial charge in [-0.2, -0.15) is 30.2 Å². The van der Waals surface area contributed by atoms with E-state index < -0.39 is 22.9 Å². The Morgan fingerprint density at radius 1 is 1.22 bits per heavy atom. The number of hydrogen-bond donors (Lipinski definition) is 1. The third kappa shape index (κ3) is 3.14. The zero-order chi connectivity index (χ0) is 13.4. The van der Waals surface area contributed by atoms with Crippen LogP contribution in [0.3, 0.4) is 0 Å². The van der Waals surface area contributed by atoms with E-state index >= 15 is 0 Å². The van der Waals surface area contributed by atoms with Gasteiger partial charge in [-0.15, -0.1) is 0 Å². The lowest BCUT2D eigenvalue weighted by Crippen LogP contribution is -2.42. The molecule has 1 unspecified atom stereocenters. The van der Waals surface area contributed by atoms with Gasteiger partial charge in [-0.05, 0) is 19.4 Å². The van der Waals surface area contributed by atoms with E-state index in [1.807, 2.05) is 0 Å². The molecule has 2 aliphatic rings. The van der Waals surface area contributed by atoms with Crippen molar-refractivity contribution in [3.63, 3.8) is 0 Å². The van der Waals surface area contributed by atoms with Gasteiger partial charge in [0.25, 0.3) is 10.2 Å². The zero-order valence-corrected chi connectivity index (χ0v) is 10.6. The molecule has 2 fully saturated rings. The van der Waals surface area contributed by atoms with Crippen LogP contribution in [-0.4, -0.2) is 62.0 Å². The summed E-state index contributed by atoms with van der Waals surface area (Å²) in [7, 11) is -3.94. The van der Waals surface area contributed by atoms with Crippen LogP contribution >= 0.6 is 0 Å². The lowest BCUT2D eigenvalue weighted by molar-refractivity contribution is -0.135. The maximum Gasteiger partial charge on any atom is 0.402 e. The quantitative estimate of drug-likeness (QED) is 0.805. The van der Waals surface area contributed by atoms with Crippen molar-refractivity contribution in [3.8, 4) is 0 Å². The standard InChI is InChI=1S/C9H16F3N3O2S/c10-9(11,12)7-15-5-4-14(18(15,16)17)6-8-2-1-3-13-8/h8,13H,1-7H2. The molecule has 1 N–H and O–H groups in total. The Bertz CT molecular complexity index is 392. The van der Waals surface area contributed by atoms with Gasteiger partial charge < -0.3 is 5.32 Å². The molecule has 0 spiro atoms. The molecule has 2 rings (SSSR count). The fraction of sp³-hybridized carbons (Fsp3) is 1.00. The van der Waals surface area contributed by atoms with Gasteiger partial charge in [0, 0.05) is 25.7 Å². The van der Waals surface area contributed by atoms with Crippen LogP contribution in [0.1, 0.15) is 12.8 Å². The zero-order valence-electron chi connectivity index (χ0n) is 9.78. The fourth-order valence-electron chi connectivity index (χ4n) is 2.32. The number of hydrogen-bond acceptors (Lipinski definition) is 3. The molecule has 0 bridgehead atoms. The number of alkyl halides is 3. The molecule has 106 valence electrons. The largest absolute Gasteiger partial charge is 0.402 e. The summed E-state index contributed by atoms with van der Waals surface area (Å²) < 4.78 is 62.1. The molecule has 2 saturated heterocycles. The summed E-state index contributed by atoms with van der Waals surface area (Å²) in [4.78, 5) is 0. The second-order valence-electron chi connectivity index (χ2n) is 4.61. The Hall–Kier alpha value is -0.380. The van der Waals surface area contributed by atoms with Gasteiger partial charge in [-0.3, -0.25) is 0 Å². The lowest BCUT2D eigenvalue weighted by Gasteiger charge is -2.21. The van der Waals surface area contributed by atoms with Crippen LogP contribution in [0.15, 0.2) is 0 Å². The molecule has 0 aromatic carbocycles. The highest BCUT2D eigenvalue weighted by Gasteiger charge is 2.43. The normalized spacial score (nSPS) is 30.1. The van der Waals surface area contributed by atoms with E-state index in [0.717, 1.165) is 23.7 Å². The number of nitrogens with one attached hydrogen (secondary N) is 1. The van der Waals surface area contributed by atoms with Crippen molar-refractivity contribution in [3.05, 3.63) is 0 Å². The minimum absolute atomic E-state index is 0.0608. The molecule has 0 saturated carbocycles. The average Bonchev–Trinajstić information content (AvgIpc) is 2.80. The fourth-order valence-corrected chi connectivity index (χ4v) is 3.95. The first-order chi connectivity index (χ1) is 8.29. The number of nitrogens with zero attached hydrogens (tertiary/aromatic N) is 2. The summed E-state index contributed by atoms with van der Waals surface area (Å²) in [5, 5.41) is 3.14. The van der Waals surface area contributed by atoms with Gasteiger partial charge in [-0.1, -0.05) is 0 Å². The lowest BCUT2D eigenvalue weighted by atomic mass is 10.2. The molecule has 1 atom stereocenters. The highest BCUT2D eigenvalue weighted by molar-refractivity contribution is 7.87. The predicted molar refractivity (Wildman–Crippen MR) is 59.1 cm³/mol. The van der Waals surface area contributed by atoms with Crippen molar-refractivity contribution in [1.82, 2.24) is 13.9 Å². The topological polar surface area (TPSA) is 52.7 Å². The molecular weight excluding hydrogens is 271 g/mol. The van der Waals surface area contributed by atoms with Gasteiger partial charge in [0.1, 0.15) is 6.54 Å². The van der Waals surface area contributed by atoms with Gasteiger partial charge >= 0.3 is 6.18 Å². The maximum absolute atomic E-state index is 12.2. The molecule has 9 heteroatoms. The van der Waals surface area contributed by atoms with E-state index in [2.05, 4.69) is 5.32 Å². The van der Waals surface area contributed by atoms with Gasteiger partial charge in [-0.25, -0.2) is 0 Å². The highest BCUT2D eigenvalue weighted by Crippen LogP contribution is 2.24. The second kappa shape index (κ2) is 4.95. The molecule has 0 aliphatic carbocycles. The van der Waals surface area contributed by atoms with Crippen LogP contribution in [-0.2, 0) is 10.2 Å². The van der Waals surface area contributed by atoms with Crippen molar-refractivity contribution in [1.29, 1.82) is 0 Å². The Morgan fingerprint density at radius 3 is 2.44 bits per heavy atom. The third-order valence-corrected chi connectivity index (χ3v) is 5.14. The molecule has 0 aromatic heterocycles. The van der Waals surface area contributed by atoms with Gasteiger partial charge in [0.2, 0.25) is 0 Å². The van der Waals surface area contributed by atoms with E-state index in [1.165, 1.54) is 0 Å². The van der Waals surface area contributed by atoms with Crippen LogP contribution in [0, 0.1) is 0 Å². The number of halogens is 3. The van der Waals surface area contributed by atoms with Crippen molar-refractivity contribution in [2.45, 2.75) is 25.1 Å². The SMILES string of the molecule is O=S1(=O)N(CC2CCCN2)CCN1CC(F)(F)F. The van der Waals surface area contributed by atoms with Crippen LogP contribution in [0.5, 0.6) is 0 Å². The van der Waals surface area contributed by atoms with E-state index in [4.69, 9.17) is 0 Å². The molecule has 18 heavy (non-hydrogen) atoms. The van der Waals surface area contributed by atoms with Crippen molar-refractivity contribution < 1.29 is 21.6 Å². The Morgan fingerprint density at radius 2 is 1.89 bits per heavy atom. The minimum atomic E-state index is -4.49. The summed E-state index contributed by atoms with van der Waals surface area (Å²) in [6.45, 7) is -0.253. The average molecular weight is 287 g/mol. The van der Waals surface area contributed by atoms with E-state index in [9.17, 15) is 21.6 Å². The smallest absolute Gasteiger partial charge is 0.313 e. The highest BCUT2D eigenvalue weighted by atomic mass is 32.2. The van der Waals surface area contributed by atoms with Crippen LogP contribution in [0.25, 0.3) is 0 Å². The van der Waals surface area contributed by atoms with E-state index in [0.29, 0.717) is 4.31 Å². The summed E-state index contributed by atoms with van der Waals surface area (Å²) in [5.74, 6) is 0. The Balaban J connectivity index is 1.98. The summed E-state index contributed by atoms with van der Waals surface area (Å²) in [6, 6.07) is 0.0608. The van der Waals surface area contributed by atoms with E-state index in [1.54, 1.807) is 0 Å². The van der Waals surface area contributed by atoms with Crippen molar-refractivity contribution in [2.24, 2.45) is 0 Å². The predicted octanol–water partition coefficient (Wildman–Crippen LogP) is 0.163. The van der Waals surface area contributed by atoms with Crippen molar-refractivity contribution in [2.75, 3.05) is 32.7 Å². The Kier molecular flexibility index (Phi) is 3.86. The summed E-state index contributed by atoms with van der Waals surface area (Å²) in [6.07, 6.45) is -2.65. The molecule has 2 aliphatic heterocycles. The molecule has 0 aromatic rings.